The van der Waals surface area contributed by atoms with Crippen LogP contribution in [-0.2, 0) is 14.3 Å². The van der Waals surface area contributed by atoms with Crippen molar-refractivity contribution in [2.45, 2.75) is 43.9 Å². The molecule has 2 atom stereocenters. The van der Waals surface area contributed by atoms with Crippen molar-refractivity contribution in [1.29, 1.82) is 0 Å². The minimum atomic E-state index is -0.648. The number of carbonyl (C=O) groups excluding carboxylic acids is 2. The topological polar surface area (TPSA) is 58.6 Å². The second-order valence-corrected chi connectivity index (χ2v) is 6.08. The molecule has 0 spiro atoms. The molecule has 22 heavy (non-hydrogen) atoms. The number of morpholine rings is 1. The van der Waals surface area contributed by atoms with Crippen LogP contribution in [0.3, 0.4) is 0 Å². The van der Waals surface area contributed by atoms with Gasteiger partial charge in [0.25, 0.3) is 5.91 Å². The van der Waals surface area contributed by atoms with Gasteiger partial charge in [0, 0.05) is 13.1 Å². The summed E-state index contributed by atoms with van der Waals surface area (Å²) in [7, 11) is 1.73. The Labute approximate surface area is 130 Å². The summed E-state index contributed by atoms with van der Waals surface area (Å²) in [5.41, 5.74) is 0.921. The summed E-state index contributed by atoms with van der Waals surface area (Å²) >= 11 is 0. The van der Waals surface area contributed by atoms with Gasteiger partial charge >= 0.3 is 0 Å². The van der Waals surface area contributed by atoms with Gasteiger partial charge in [-0.1, -0.05) is 43.2 Å². The summed E-state index contributed by atoms with van der Waals surface area (Å²) in [6.45, 7) is -0.0391. The number of hydrogen-bond acceptors (Lipinski definition) is 3. The Hall–Kier alpha value is -1.88. The average Bonchev–Trinajstić information content (AvgIpc) is 3.03. The van der Waals surface area contributed by atoms with E-state index in [1.165, 1.54) is 0 Å². The normalized spacial score (nSPS) is 26.2. The molecule has 2 amide bonds. The lowest BCUT2D eigenvalue weighted by molar-refractivity contribution is -0.162. The van der Waals surface area contributed by atoms with Gasteiger partial charge in [-0.25, -0.2) is 0 Å². The third-order valence-electron chi connectivity index (χ3n) is 4.58. The maximum absolute atomic E-state index is 12.6. The quantitative estimate of drug-likeness (QED) is 0.923. The lowest BCUT2D eigenvalue weighted by Gasteiger charge is -2.38. The first-order valence-electron chi connectivity index (χ1n) is 7.89. The van der Waals surface area contributed by atoms with Gasteiger partial charge in [-0.2, -0.15) is 0 Å². The second-order valence-electron chi connectivity index (χ2n) is 6.08. The van der Waals surface area contributed by atoms with E-state index in [1.807, 2.05) is 30.3 Å². The number of ether oxygens (including phenoxy) is 1. The predicted molar refractivity (Wildman–Crippen MR) is 82.1 cm³/mol. The molecule has 2 aliphatic rings. The monoisotopic (exact) mass is 302 g/mol. The predicted octanol–water partition coefficient (Wildman–Crippen LogP) is 1.64. The Bertz CT molecular complexity index is 540. The summed E-state index contributed by atoms with van der Waals surface area (Å²) in [5, 5.41) is 3.08. The first-order valence-corrected chi connectivity index (χ1v) is 7.89. The maximum Gasteiger partial charge on any atom is 0.251 e. The van der Waals surface area contributed by atoms with Gasteiger partial charge in [0.05, 0.1) is 6.04 Å². The number of carbonyl (C=O) groups is 2. The maximum atomic E-state index is 12.6. The minimum Gasteiger partial charge on any atom is -0.356 e. The Kier molecular flexibility index (Phi) is 4.43. The summed E-state index contributed by atoms with van der Waals surface area (Å²) in [6.07, 6.45) is 3.74. The number of nitrogens with one attached hydrogen (secondary N) is 1. The van der Waals surface area contributed by atoms with Gasteiger partial charge in [-0.05, 0) is 18.4 Å². The van der Waals surface area contributed by atoms with E-state index in [4.69, 9.17) is 4.74 Å². The Morgan fingerprint density at radius 2 is 1.91 bits per heavy atom. The third kappa shape index (κ3) is 2.99. The fraction of sp³-hybridized carbons (Fsp3) is 0.529. The largest absolute Gasteiger partial charge is 0.356 e. The van der Waals surface area contributed by atoms with E-state index < -0.39 is 6.10 Å². The molecular formula is C17H22N2O3. The molecule has 1 heterocycles. The molecule has 5 heteroatoms. The molecule has 1 saturated heterocycles. The summed E-state index contributed by atoms with van der Waals surface area (Å²) in [4.78, 5) is 26.2. The van der Waals surface area contributed by atoms with E-state index in [1.54, 1.807) is 11.9 Å². The molecule has 3 rings (SSSR count). The zero-order valence-electron chi connectivity index (χ0n) is 12.8. The van der Waals surface area contributed by atoms with Crippen LogP contribution < -0.4 is 5.32 Å². The van der Waals surface area contributed by atoms with Crippen molar-refractivity contribution in [3.8, 4) is 0 Å². The lowest BCUT2D eigenvalue weighted by atomic mass is 9.97. The molecule has 0 radical (unpaired) electrons. The van der Waals surface area contributed by atoms with Crippen molar-refractivity contribution in [1.82, 2.24) is 10.2 Å². The summed E-state index contributed by atoms with van der Waals surface area (Å²) < 4.78 is 5.60. The molecule has 0 unspecified atom stereocenters. The van der Waals surface area contributed by atoms with Crippen molar-refractivity contribution in [3.05, 3.63) is 35.9 Å². The number of benzene rings is 1. The second kappa shape index (κ2) is 6.48. The highest BCUT2D eigenvalue weighted by Crippen LogP contribution is 2.29. The first-order chi connectivity index (χ1) is 10.7. The Morgan fingerprint density at radius 3 is 2.59 bits per heavy atom. The van der Waals surface area contributed by atoms with Crippen LogP contribution in [0.5, 0.6) is 0 Å². The molecule has 5 nitrogen and oxygen atoms in total. The van der Waals surface area contributed by atoms with Gasteiger partial charge in [0.1, 0.15) is 6.61 Å². The first kappa shape index (κ1) is 15.0. The molecule has 118 valence electrons. The van der Waals surface area contributed by atoms with Crippen molar-refractivity contribution >= 4 is 11.8 Å². The number of amides is 2. The van der Waals surface area contributed by atoms with Crippen molar-refractivity contribution in [2.75, 3.05) is 13.7 Å². The molecule has 0 aromatic heterocycles. The van der Waals surface area contributed by atoms with Crippen LogP contribution in [0.25, 0.3) is 0 Å². The van der Waals surface area contributed by atoms with Crippen LogP contribution in [0.2, 0.25) is 0 Å². The highest BCUT2D eigenvalue weighted by Gasteiger charge is 2.40. The van der Waals surface area contributed by atoms with Crippen LogP contribution in [0, 0.1) is 0 Å². The molecule has 1 saturated carbocycles. The van der Waals surface area contributed by atoms with E-state index in [2.05, 4.69) is 5.32 Å². The number of rotatable bonds is 3. The van der Waals surface area contributed by atoms with Crippen LogP contribution in [-0.4, -0.2) is 42.5 Å². The van der Waals surface area contributed by atoms with Gasteiger partial charge in [-0.15, -0.1) is 0 Å². The van der Waals surface area contributed by atoms with Gasteiger partial charge in [-0.3, -0.25) is 9.59 Å². The highest BCUT2D eigenvalue weighted by molar-refractivity contribution is 5.86. The van der Waals surface area contributed by atoms with Crippen LogP contribution in [0.1, 0.15) is 37.3 Å². The highest BCUT2D eigenvalue weighted by atomic mass is 16.5. The van der Waals surface area contributed by atoms with Crippen molar-refractivity contribution in [3.63, 3.8) is 0 Å². The van der Waals surface area contributed by atoms with Crippen LogP contribution in [0.15, 0.2) is 30.3 Å². The number of hydrogen-bond donors (Lipinski definition) is 1. The fourth-order valence-electron chi connectivity index (χ4n) is 3.33. The van der Waals surface area contributed by atoms with Crippen LogP contribution >= 0.6 is 0 Å². The van der Waals surface area contributed by atoms with Gasteiger partial charge in [0.2, 0.25) is 5.91 Å². The summed E-state index contributed by atoms with van der Waals surface area (Å²) in [6, 6.07) is 9.47. The standard InChI is InChI=1S/C17H22N2O3/c1-19-14(20)11-22-16(15(19)12-7-3-2-4-8-12)17(21)18-13-9-5-6-10-13/h2-4,7-8,13,15-16H,5-6,9-11H2,1H3,(H,18,21)/t15-,16+/m0/s1. The molecular weight excluding hydrogens is 280 g/mol. The molecule has 1 aromatic rings. The SMILES string of the molecule is CN1C(=O)CO[C@@H](C(=O)NC2CCCC2)[C@@H]1c1ccccc1. The molecule has 1 aliphatic heterocycles. The van der Waals surface area contributed by atoms with Crippen molar-refractivity contribution in [2.24, 2.45) is 0 Å². The summed E-state index contributed by atoms with van der Waals surface area (Å²) in [5.74, 6) is -0.209. The Morgan fingerprint density at radius 1 is 1.23 bits per heavy atom. The van der Waals surface area contributed by atoms with E-state index in [9.17, 15) is 9.59 Å². The Balaban J connectivity index is 1.80. The number of nitrogens with zero attached hydrogens (tertiary/aromatic N) is 1. The molecule has 0 bridgehead atoms. The molecule has 1 N–H and O–H groups in total. The molecule has 1 aromatic carbocycles. The van der Waals surface area contributed by atoms with Gasteiger partial charge < -0.3 is 15.0 Å². The molecule has 1 aliphatic carbocycles. The fourth-order valence-corrected chi connectivity index (χ4v) is 3.33. The van der Waals surface area contributed by atoms with E-state index in [-0.39, 0.29) is 30.5 Å². The molecule has 2 fully saturated rings. The number of likely N-dealkylation sites (N-methyl/N-ethyl adjacent to an activating group) is 1. The van der Waals surface area contributed by atoms with E-state index >= 15 is 0 Å². The smallest absolute Gasteiger partial charge is 0.251 e. The zero-order valence-corrected chi connectivity index (χ0v) is 12.8. The van der Waals surface area contributed by atoms with Gasteiger partial charge in [0.15, 0.2) is 6.10 Å². The lowest BCUT2D eigenvalue weighted by Crippen LogP contribution is -2.54. The third-order valence-corrected chi connectivity index (χ3v) is 4.58. The van der Waals surface area contributed by atoms with E-state index in [0.717, 1.165) is 31.2 Å². The zero-order chi connectivity index (χ0) is 15.5. The van der Waals surface area contributed by atoms with E-state index in [0.29, 0.717) is 0 Å². The van der Waals surface area contributed by atoms with Crippen molar-refractivity contribution < 1.29 is 14.3 Å². The average molecular weight is 302 g/mol. The van der Waals surface area contributed by atoms with Crippen LogP contribution in [0.4, 0.5) is 0 Å². The minimum absolute atomic E-state index is 0.0391.